The van der Waals surface area contributed by atoms with Crippen molar-refractivity contribution in [3.63, 3.8) is 0 Å². The first-order chi connectivity index (χ1) is 17.0. The van der Waals surface area contributed by atoms with Crippen molar-refractivity contribution in [1.82, 2.24) is 3.97 Å². The van der Waals surface area contributed by atoms with E-state index in [0.29, 0.717) is 11.3 Å². The van der Waals surface area contributed by atoms with E-state index in [1.807, 2.05) is 79.7 Å². The van der Waals surface area contributed by atoms with E-state index < -0.39 is 10.0 Å². The van der Waals surface area contributed by atoms with Crippen molar-refractivity contribution >= 4 is 20.9 Å². The monoisotopic (exact) mass is 477 g/mol. The van der Waals surface area contributed by atoms with Crippen molar-refractivity contribution in [2.24, 2.45) is 0 Å². The van der Waals surface area contributed by atoms with Gasteiger partial charge in [-0.2, -0.15) is 0 Å². The molecule has 0 aliphatic rings. The van der Waals surface area contributed by atoms with Crippen LogP contribution >= 0.6 is 0 Å². The largest absolute Gasteiger partial charge is 0.497 e. The van der Waals surface area contributed by atoms with E-state index in [2.05, 4.69) is 11.8 Å². The third-order valence-electron chi connectivity index (χ3n) is 5.85. The molecule has 5 heteroatoms. The molecule has 0 saturated carbocycles. The van der Waals surface area contributed by atoms with Crippen molar-refractivity contribution in [3.05, 3.63) is 120 Å². The Bertz CT molecular complexity index is 1690. The van der Waals surface area contributed by atoms with Gasteiger partial charge in [0.15, 0.2) is 0 Å². The summed E-state index contributed by atoms with van der Waals surface area (Å²) in [4.78, 5) is 0.241. The van der Waals surface area contributed by atoms with Gasteiger partial charge in [-0.25, -0.2) is 12.4 Å². The van der Waals surface area contributed by atoms with E-state index in [4.69, 9.17) is 4.74 Å². The molecule has 0 atom stereocenters. The molecule has 0 radical (unpaired) electrons. The van der Waals surface area contributed by atoms with Crippen LogP contribution < -0.4 is 4.74 Å². The van der Waals surface area contributed by atoms with Crippen LogP contribution in [-0.2, 0) is 10.0 Å². The summed E-state index contributed by atoms with van der Waals surface area (Å²) in [7, 11) is -2.19. The summed E-state index contributed by atoms with van der Waals surface area (Å²) in [6.07, 6.45) is 1.68. The molecule has 0 saturated heterocycles. The number of benzene rings is 4. The molecule has 0 unspecified atom stereocenters. The number of methoxy groups -OCH3 is 1. The summed E-state index contributed by atoms with van der Waals surface area (Å²) < 4.78 is 34.0. The number of ether oxygens (including phenoxy) is 1. The van der Waals surface area contributed by atoms with Crippen LogP contribution in [0.25, 0.3) is 22.0 Å². The summed E-state index contributed by atoms with van der Waals surface area (Å²) in [5, 5.41) is 0.800. The number of fused-ring (bicyclic) bond motifs is 1. The van der Waals surface area contributed by atoms with Gasteiger partial charge < -0.3 is 4.74 Å². The molecular weight excluding hydrogens is 454 g/mol. The molecule has 0 N–H and O–H groups in total. The normalized spacial score (nSPS) is 11.1. The minimum absolute atomic E-state index is 0.241. The van der Waals surface area contributed by atoms with E-state index in [0.717, 1.165) is 33.2 Å². The lowest BCUT2D eigenvalue weighted by Gasteiger charge is -2.08. The van der Waals surface area contributed by atoms with Crippen LogP contribution in [0.2, 0.25) is 0 Å². The molecule has 0 amide bonds. The SMILES string of the molecule is COc1cccc(-c2cn(S(=O)(=O)c3ccc(C)cc3)c3ccc(C#Cc4ccccc4)cc23)c1. The molecule has 5 aromatic rings. The molecule has 0 spiro atoms. The Hall–Kier alpha value is -4.27. The highest BCUT2D eigenvalue weighted by atomic mass is 32.2. The van der Waals surface area contributed by atoms with E-state index in [1.165, 1.54) is 3.97 Å². The minimum atomic E-state index is -3.80. The lowest BCUT2D eigenvalue weighted by Crippen LogP contribution is -2.11. The molecule has 4 aromatic carbocycles. The average molecular weight is 478 g/mol. The first-order valence-electron chi connectivity index (χ1n) is 11.1. The van der Waals surface area contributed by atoms with Gasteiger partial charge in [-0.3, -0.25) is 0 Å². The summed E-state index contributed by atoms with van der Waals surface area (Å²) >= 11 is 0. The molecule has 172 valence electrons. The number of aryl methyl sites for hydroxylation is 1. The van der Waals surface area contributed by atoms with Gasteiger partial charge in [0.25, 0.3) is 10.0 Å². The number of rotatable bonds is 4. The maximum atomic E-state index is 13.6. The van der Waals surface area contributed by atoms with E-state index in [9.17, 15) is 8.42 Å². The van der Waals surface area contributed by atoms with Crippen molar-refractivity contribution in [2.75, 3.05) is 7.11 Å². The second-order valence-electron chi connectivity index (χ2n) is 8.24. The fourth-order valence-electron chi connectivity index (χ4n) is 3.99. The van der Waals surface area contributed by atoms with Crippen LogP contribution in [0.5, 0.6) is 5.75 Å². The summed E-state index contributed by atoms with van der Waals surface area (Å²) in [5.41, 5.74) is 4.96. The zero-order chi connectivity index (χ0) is 24.4. The van der Waals surface area contributed by atoms with Crippen LogP contribution in [0.1, 0.15) is 16.7 Å². The number of aromatic nitrogens is 1. The van der Waals surface area contributed by atoms with E-state index >= 15 is 0 Å². The minimum Gasteiger partial charge on any atom is -0.497 e. The fraction of sp³-hybridized carbons (Fsp3) is 0.0667. The Kier molecular flexibility index (Phi) is 5.90. The van der Waals surface area contributed by atoms with Crippen molar-refractivity contribution in [1.29, 1.82) is 0 Å². The molecule has 4 nitrogen and oxygen atoms in total. The quantitative estimate of drug-likeness (QED) is 0.287. The van der Waals surface area contributed by atoms with Crippen LogP contribution in [0, 0.1) is 18.8 Å². The molecule has 0 fully saturated rings. The van der Waals surface area contributed by atoms with Gasteiger partial charge in [0, 0.05) is 28.3 Å². The molecule has 1 heterocycles. The van der Waals surface area contributed by atoms with Crippen LogP contribution in [0.3, 0.4) is 0 Å². The topological polar surface area (TPSA) is 48.3 Å². The Labute approximate surface area is 205 Å². The standard InChI is InChI=1S/C30H23NO3S/c1-22-11-16-27(17-12-22)35(32,33)31-21-29(25-9-6-10-26(20-25)34-2)28-19-24(15-18-30(28)31)14-13-23-7-4-3-5-8-23/h3-12,15-21H,1-2H3. The van der Waals surface area contributed by atoms with Crippen molar-refractivity contribution in [2.45, 2.75) is 11.8 Å². The lowest BCUT2D eigenvalue weighted by molar-refractivity contribution is 0.415. The molecule has 1 aromatic heterocycles. The lowest BCUT2D eigenvalue weighted by atomic mass is 10.0. The Morgan fingerprint density at radius 1 is 0.771 bits per heavy atom. The van der Waals surface area contributed by atoms with Crippen LogP contribution in [0.15, 0.2) is 108 Å². The zero-order valence-electron chi connectivity index (χ0n) is 19.4. The maximum absolute atomic E-state index is 13.6. The summed E-state index contributed by atoms with van der Waals surface area (Å²) in [6.45, 7) is 1.93. The fourth-order valence-corrected chi connectivity index (χ4v) is 5.36. The summed E-state index contributed by atoms with van der Waals surface area (Å²) in [5.74, 6) is 7.08. The Morgan fingerprint density at radius 2 is 1.51 bits per heavy atom. The molecule has 5 rings (SSSR count). The maximum Gasteiger partial charge on any atom is 0.268 e. The van der Waals surface area contributed by atoms with Crippen LogP contribution in [0.4, 0.5) is 0 Å². The number of nitrogens with zero attached hydrogens (tertiary/aromatic N) is 1. The second kappa shape index (κ2) is 9.17. The van der Waals surface area contributed by atoms with Gasteiger partial charge >= 0.3 is 0 Å². The highest BCUT2D eigenvalue weighted by Crippen LogP contribution is 2.35. The first kappa shape index (κ1) is 22.5. The molecule has 0 aliphatic carbocycles. The van der Waals surface area contributed by atoms with Crippen molar-refractivity contribution in [3.8, 4) is 28.7 Å². The number of hydrogen-bond donors (Lipinski definition) is 0. The van der Waals surface area contributed by atoms with Gasteiger partial charge in [-0.15, -0.1) is 0 Å². The summed E-state index contributed by atoms with van der Waals surface area (Å²) in [6, 6.07) is 29.9. The number of hydrogen-bond acceptors (Lipinski definition) is 3. The first-order valence-corrected chi connectivity index (χ1v) is 12.6. The van der Waals surface area contributed by atoms with Gasteiger partial charge in [-0.05, 0) is 67.1 Å². The van der Waals surface area contributed by atoms with Gasteiger partial charge in [0.2, 0.25) is 0 Å². The predicted octanol–water partition coefficient (Wildman–Crippen LogP) is 6.26. The van der Waals surface area contributed by atoms with Crippen molar-refractivity contribution < 1.29 is 13.2 Å². The highest BCUT2D eigenvalue weighted by Gasteiger charge is 2.22. The van der Waals surface area contributed by atoms with Gasteiger partial charge in [0.05, 0.1) is 17.5 Å². The average Bonchev–Trinajstić information content (AvgIpc) is 3.28. The zero-order valence-corrected chi connectivity index (χ0v) is 20.2. The molecule has 35 heavy (non-hydrogen) atoms. The third-order valence-corrected chi connectivity index (χ3v) is 7.54. The second-order valence-corrected chi connectivity index (χ2v) is 10.1. The molecule has 0 aliphatic heterocycles. The van der Waals surface area contributed by atoms with Gasteiger partial charge in [-0.1, -0.05) is 59.9 Å². The van der Waals surface area contributed by atoms with E-state index in [-0.39, 0.29) is 4.90 Å². The Balaban J connectivity index is 1.71. The molecule has 0 bridgehead atoms. The van der Waals surface area contributed by atoms with E-state index in [1.54, 1.807) is 37.6 Å². The third kappa shape index (κ3) is 4.44. The molecular formula is C30H23NO3S. The highest BCUT2D eigenvalue weighted by molar-refractivity contribution is 7.90. The predicted molar refractivity (Wildman–Crippen MR) is 140 cm³/mol. The smallest absolute Gasteiger partial charge is 0.268 e. The van der Waals surface area contributed by atoms with Gasteiger partial charge in [0.1, 0.15) is 5.75 Å². The Morgan fingerprint density at radius 3 is 2.26 bits per heavy atom. The van der Waals surface area contributed by atoms with Crippen LogP contribution in [-0.4, -0.2) is 19.5 Å².